The summed E-state index contributed by atoms with van der Waals surface area (Å²) in [5, 5.41) is 6.90. The molecule has 5 nitrogen and oxygen atoms in total. The zero-order valence-corrected chi connectivity index (χ0v) is 19.3. The van der Waals surface area contributed by atoms with Gasteiger partial charge in [0.1, 0.15) is 0 Å². The molecular weight excluding hydrogens is 447 g/mol. The van der Waals surface area contributed by atoms with Gasteiger partial charge in [0.15, 0.2) is 5.96 Å². The topological polar surface area (TPSA) is 56.7 Å². The molecule has 0 aromatic rings. The van der Waals surface area contributed by atoms with Crippen molar-refractivity contribution in [3.8, 4) is 0 Å². The fourth-order valence-electron chi connectivity index (χ4n) is 3.44. The van der Waals surface area contributed by atoms with Crippen LogP contribution >= 0.6 is 35.7 Å². The summed E-state index contributed by atoms with van der Waals surface area (Å²) in [6.45, 7) is 6.99. The van der Waals surface area contributed by atoms with Crippen molar-refractivity contribution in [3.63, 3.8) is 0 Å². The number of nitrogens with zero attached hydrogens (tertiary/aromatic N) is 2. The highest BCUT2D eigenvalue weighted by Gasteiger charge is 2.31. The average molecular weight is 482 g/mol. The predicted octanol–water partition coefficient (Wildman–Crippen LogP) is 3.09. The second-order valence-electron chi connectivity index (χ2n) is 7.64. The van der Waals surface area contributed by atoms with E-state index in [-0.39, 0.29) is 34.6 Å². The molecule has 7 heteroatoms. The molecule has 1 heterocycles. The molecule has 2 rings (SSSR count). The van der Waals surface area contributed by atoms with Crippen LogP contribution in [0, 0.1) is 5.92 Å². The van der Waals surface area contributed by atoms with Crippen molar-refractivity contribution in [1.82, 2.24) is 15.5 Å². The number of nitrogens with one attached hydrogen (secondary N) is 2. The van der Waals surface area contributed by atoms with Gasteiger partial charge in [-0.15, -0.1) is 24.0 Å². The Morgan fingerprint density at radius 2 is 1.92 bits per heavy atom. The van der Waals surface area contributed by atoms with Gasteiger partial charge in [-0.2, -0.15) is 11.8 Å². The Morgan fingerprint density at radius 3 is 2.52 bits per heavy atom. The van der Waals surface area contributed by atoms with Gasteiger partial charge >= 0.3 is 0 Å². The van der Waals surface area contributed by atoms with Crippen LogP contribution in [0.3, 0.4) is 0 Å². The normalized spacial score (nSPS) is 22.5. The molecule has 0 aromatic heterocycles. The highest BCUT2D eigenvalue weighted by atomic mass is 127. The molecule has 25 heavy (non-hydrogen) atoms. The Kier molecular flexibility index (Phi) is 9.92. The van der Waals surface area contributed by atoms with Gasteiger partial charge in [0.25, 0.3) is 0 Å². The number of guanidine groups is 1. The molecule has 1 amide bonds. The lowest BCUT2D eigenvalue weighted by atomic mass is 9.88. The van der Waals surface area contributed by atoms with Crippen molar-refractivity contribution < 1.29 is 4.79 Å². The third kappa shape index (κ3) is 7.15. The summed E-state index contributed by atoms with van der Waals surface area (Å²) >= 11 is 1.84. The second kappa shape index (κ2) is 10.8. The third-order valence-corrected chi connectivity index (χ3v) is 6.50. The van der Waals surface area contributed by atoms with E-state index in [0.29, 0.717) is 11.9 Å². The van der Waals surface area contributed by atoms with Crippen LogP contribution in [0.25, 0.3) is 0 Å². The van der Waals surface area contributed by atoms with E-state index in [1.807, 2.05) is 11.8 Å². The first-order valence-electron chi connectivity index (χ1n) is 9.26. The number of hydrogen-bond acceptors (Lipinski definition) is 3. The average Bonchev–Trinajstić information content (AvgIpc) is 3.07. The van der Waals surface area contributed by atoms with Gasteiger partial charge in [-0.1, -0.05) is 19.3 Å². The number of carbonyl (C=O) groups is 1. The lowest BCUT2D eigenvalue weighted by molar-refractivity contribution is -0.135. The van der Waals surface area contributed by atoms with Crippen LogP contribution in [0.4, 0.5) is 0 Å². The summed E-state index contributed by atoms with van der Waals surface area (Å²) in [6.07, 6.45) is 9.03. The molecule has 2 N–H and O–H groups in total. The highest BCUT2D eigenvalue weighted by Crippen LogP contribution is 2.26. The van der Waals surface area contributed by atoms with Crippen molar-refractivity contribution in [2.75, 3.05) is 32.9 Å². The van der Waals surface area contributed by atoms with Crippen LogP contribution in [-0.4, -0.2) is 60.5 Å². The Labute approximate surface area is 174 Å². The molecule has 1 aliphatic heterocycles. The molecule has 1 saturated carbocycles. The lowest BCUT2D eigenvalue weighted by Crippen LogP contribution is -2.48. The fraction of sp³-hybridized carbons (Fsp3) is 0.889. The zero-order valence-electron chi connectivity index (χ0n) is 16.1. The van der Waals surface area contributed by atoms with E-state index in [9.17, 15) is 4.79 Å². The number of thioether (sulfide) groups is 1. The quantitative estimate of drug-likeness (QED) is 0.359. The van der Waals surface area contributed by atoms with Gasteiger partial charge in [0.05, 0.1) is 0 Å². The van der Waals surface area contributed by atoms with Crippen molar-refractivity contribution >= 4 is 47.6 Å². The minimum atomic E-state index is 0. The second-order valence-corrected chi connectivity index (χ2v) is 9.15. The molecule has 0 bridgehead atoms. The van der Waals surface area contributed by atoms with Crippen molar-refractivity contribution in [1.29, 1.82) is 0 Å². The molecule has 0 radical (unpaired) electrons. The van der Waals surface area contributed by atoms with Gasteiger partial charge in [0, 0.05) is 43.4 Å². The summed E-state index contributed by atoms with van der Waals surface area (Å²) in [6, 6.07) is 0.307. The molecule has 1 unspecified atom stereocenters. The van der Waals surface area contributed by atoms with E-state index in [1.165, 1.54) is 19.3 Å². The number of halogens is 1. The van der Waals surface area contributed by atoms with Crippen molar-refractivity contribution in [2.45, 2.75) is 63.2 Å². The zero-order chi connectivity index (χ0) is 17.6. The summed E-state index contributed by atoms with van der Waals surface area (Å²) < 4.78 is 0.177. The van der Waals surface area contributed by atoms with Crippen LogP contribution in [0.1, 0.15) is 52.4 Å². The van der Waals surface area contributed by atoms with Crippen LogP contribution in [-0.2, 0) is 4.79 Å². The van der Waals surface area contributed by atoms with Crippen LogP contribution in [0.2, 0.25) is 0 Å². The number of aliphatic imine (C=N–C) groups is 1. The van der Waals surface area contributed by atoms with Crippen molar-refractivity contribution in [2.24, 2.45) is 10.9 Å². The molecule has 0 aromatic carbocycles. The van der Waals surface area contributed by atoms with Crippen molar-refractivity contribution in [3.05, 3.63) is 0 Å². The maximum atomic E-state index is 12.6. The van der Waals surface area contributed by atoms with Gasteiger partial charge in [0.2, 0.25) is 5.91 Å². The predicted molar refractivity (Wildman–Crippen MR) is 119 cm³/mol. The van der Waals surface area contributed by atoms with Gasteiger partial charge in [-0.3, -0.25) is 9.79 Å². The van der Waals surface area contributed by atoms with Gasteiger partial charge in [-0.05, 0) is 39.4 Å². The maximum absolute atomic E-state index is 12.6. The Balaban J connectivity index is 0.00000312. The van der Waals surface area contributed by atoms with Crippen LogP contribution in [0.15, 0.2) is 4.99 Å². The molecule has 2 fully saturated rings. The third-order valence-electron chi connectivity index (χ3n) is 5.25. The number of rotatable bonds is 5. The minimum Gasteiger partial charge on any atom is -0.355 e. The van der Waals surface area contributed by atoms with E-state index in [2.05, 4.69) is 40.6 Å². The first kappa shape index (κ1) is 22.9. The fourth-order valence-corrected chi connectivity index (χ4v) is 3.66. The summed E-state index contributed by atoms with van der Waals surface area (Å²) in [5.74, 6) is 1.50. The van der Waals surface area contributed by atoms with E-state index in [4.69, 9.17) is 0 Å². The largest absolute Gasteiger partial charge is 0.355 e. The number of carbonyl (C=O) groups excluding carboxylic acids is 1. The standard InChI is InChI=1S/C18H34N4OS.HI/c1-18(2,24-4)13-20-17(19-3)21-15-10-11-22(12-15)16(23)14-8-6-5-7-9-14;/h14-15H,5-13H2,1-4H3,(H2,19,20,21);1H. The van der Waals surface area contributed by atoms with Gasteiger partial charge < -0.3 is 15.5 Å². The van der Waals surface area contributed by atoms with Crippen LogP contribution in [0.5, 0.6) is 0 Å². The first-order valence-corrected chi connectivity index (χ1v) is 10.5. The number of hydrogen-bond donors (Lipinski definition) is 2. The summed E-state index contributed by atoms with van der Waals surface area (Å²) in [4.78, 5) is 19.0. The SMILES string of the molecule is CN=C(NCC(C)(C)SC)NC1CCN(C(=O)C2CCCCC2)C1.I. The Hall–Kier alpha value is -0.180. The Morgan fingerprint density at radius 1 is 1.24 bits per heavy atom. The molecule has 2 aliphatic rings. The van der Waals surface area contributed by atoms with Crippen LogP contribution < -0.4 is 10.6 Å². The smallest absolute Gasteiger partial charge is 0.225 e. The monoisotopic (exact) mass is 482 g/mol. The molecule has 1 saturated heterocycles. The van der Waals surface area contributed by atoms with E-state index < -0.39 is 0 Å². The number of amides is 1. The Bertz CT molecular complexity index is 452. The van der Waals surface area contributed by atoms with Gasteiger partial charge in [-0.25, -0.2) is 0 Å². The van der Waals surface area contributed by atoms with E-state index >= 15 is 0 Å². The molecule has 0 spiro atoms. The summed E-state index contributed by atoms with van der Waals surface area (Å²) in [7, 11) is 1.81. The molecule has 146 valence electrons. The lowest BCUT2D eigenvalue weighted by Gasteiger charge is -2.27. The number of likely N-dealkylation sites (tertiary alicyclic amines) is 1. The van der Waals surface area contributed by atoms with E-state index in [0.717, 1.165) is 44.9 Å². The summed E-state index contributed by atoms with van der Waals surface area (Å²) in [5.41, 5.74) is 0. The minimum absolute atomic E-state index is 0. The molecular formula is C18H35IN4OS. The van der Waals surface area contributed by atoms with E-state index in [1.54, 1.807) is 7.05 Å². The molecule has 1 aliphatic carbocycles. The first-order chi connectivity index (χ1) is 11.4. The maximum Gasteiger partial charge on any atom is 0.225 e. The molecule has 1 atom stereocenters. The highest BCUT2D eigenvalue weighted by molar-refractivity contribution is 14.0.